The number of fused-ring (bicyclic) bond motifs is 2. The lowest BCUT2D eigenvalue weighted by Crippen LogP contribution is -2.30. The summed E-state index contributed by atoms with van der Waals surface area (Å²) in [5.74, 6) is -1.04. The number of benzene rings is 1. The van der Waals surface area contributed by atoms with Crippen LogP contribution in [-0.2, 0) is 23.0 Å². The van der Waals surface area contributed by atoms with Crippen molar-refractivity contribution in [1.82, 2.24) is 19.9 Å². The number of esters is 1. The SMILES string of the molecule is Cc1oc2ncn(C)c(=O)c2c1C(=O)OCC(=O)NCCc1nc2ccccc2s1. The molecule has 4 aromatic rings. The number of hydrogen-bond acceptors (Lipinski definition) is 8. The summed E-state index contributed by atoms with van der Waals surface area (Å²) >= 11 is 1.57. The first-order valence-electron chi connectivity index (χ1n) is 9.17. The molecule has 10 heteroatoms. The highest BCUT2D eigenvalue weighted by atomic mass is 32.1. The second-order valence-electron chi connectivity index (χ2n) is 6.63. The van der Waals surface area contributed by atoms with E-state index in [0.29, 0.717) is 13.0 Å². The maximum atomic E-state index is 12.5. The number of ether oxygens (including phenoxy) is 1. The fourth-order valence-corrected chi connectivity index (χ4v) is 3.99. The molecule has 0 radical (unpaired) electrons. The molecule has 9 nitrogen and oxygen atoms in total. The highest BCUT2D eigenvalue weighted by Gasteiger charge is 2.24. The monoisotopic (exact) mass is 426 g/mol. The van der Waals surface area contributed by atoms with Crippen molar-refractivity contribution in [3.63, 3.8) is 0 Å². The smallest absolute Gasteiger partial charge is 0.343 e. The van der Waals surface area contributed by atoms with Crippen molar-refractivity contribution in [2.75, 3.05) is 13.2 Å². The van der Waals surface area contributed by atoms with Gasteiger partial charge in [0.15, 0.2) is 6.61 Å². The molecular weight excluding hydrogens is 408 g/mol. The van der Waals surface area contributed by atoms with E-state index < -0.39 is 24.0 Å². The number of carbonyl (C=O) groups excluding carboxylic acids is 2. The van der Waals surface area contributed by atoms with Gasteiger partial charge in [-0.05, 0) is 19.1 Å². The number of furan rings is 1. The van der Waals surface area contributed by atoms with Gasteiger partial charge in [-0.3, -0.25) is 9.59 Å². The third kappa shape index (κ3) is 3.81. The fourth-order valence-electron chi connectivity index (χ4n) is 3.02. The third-order valence-corrected chi connectivity index (χ3v) is 5.58. The first kappa shape index (κ1) is 19.8. The Labute approximate surface area is 174 Å². The van der Waals surface area contributed by atoms with E-state index in [2.05, 4.69) is 15.3 Å². The average molecular weight is 426 g/mol. The zero-order valence-corrected chi connectivity index (χ0v) is 17.1. The normalized spacial score (nSPS) is 11.1. The van der Waals surface area contributed by atoms with Crippen molar-refractivity contribution < 1.29 is 18.7 Å². The van der Waals surface area contributed by atoms with E-state index in [1.165, 1.54) is 24.9 Å². The van der Waals surface area contributed by atoms with Crippen LogP contribution in [0.3, 0.4) is 0 Å². The largest absolute Gasteiger partial charge is 0.452 e. The lowest BCUT2D eigenvalue weighted by molar-refractivity contribution is -0.124. The topological polar surface area (TPSA) is 116 Å². The van der Waals surface area contributed by atoms with Crippen LogP contribution >= 0.6 is 11.3 Å². The summed E-state index contributed by atoms with van der Waals surface area (Å²) in [5, 5.41) is 3.65. The zero-order valence-electron chi connectivity index (χ0n) is 16.3. The van der Waals surface area contributed by atoms with Crippen LogP contribution in [0, 0.1) is 6.92 Å². The minimum Gasteiger partial charge on any atom is -0.452 e. The molecule has 154 valence electrons. The summed E-state index contributed by atoms with van der Waals surface area (Å²) < 4.78 is 12.8. The number of aromatic nitrogens is 3. The Morgan fingerprint density at radius 2 is 2.10 bits per heavy atom. The molecule has 0 atom stereocenters. The Morgan fingerprint density at radius 3 is 2.90 bits per heavy atom. The summed E-state index contributed by atoms with van der Waals surface area (Å²) in [6, 6.07) is 7.83. The maximum absolute atomic E-state index is 12.5. The summed E-state index contributed by atoms with van der Waals surface area (Å²) in [6.07, 6.45) is 1.88. The molecule has 0 aliphatic rings. The van der Waals surface area contributed by atoms with Crippen LogP contribution in [0.4, 0.5) is 0 Å². The molecule has 3 aromatic heterocycles. The number of amides is 1. The van der Waals surface area contributed by atoms with Crippen LogP contribution in [0.25, 0.3) is 21.3 Å². The lowest BCUT2D eigenvalue weighted by Gasteiger charge is -2.06. The standard InChI is InChI=1S/C20H18N4O5S/c1-11-16(17-18(29-11)22-10-24(2)19(17)26)20(27)28-9-14(25)21-8-7-15-23-12-5-3-4-6-13(12)30-15/h3-6,10H,7-9H2,1-2H3,(H,21,25). The van der Waals surface area contributed by atoms with Gasteiger partial charge in [-0.15, -0.1) is 11.3 Å². The van der Waals surface area contributed by atoms with Gasteiger partial charge in [0, 0.05) is 20.0 Å². The minimum absolute atomic E-state index is 0.0130. The van der Waals surface area contributed by atoms with Gasteiger partial charge in [-0.2, -0.15) is 0 Å². The van der Waals surface area contributed by atoms with Gasteiger partial charge in [0.1, 0.15) is 23.0 Å². The summed E-state index contributed by atoms with van der Waals surface area (Å²) in [7, 11) is 1.52. The van der Waals surface area contributed by atoms with Crippen LogP contribution in [0.2, 0.25) is 0 Å². The van der Waals surface area contributed by atoms with Crippen molar-refractivity contribution in [2.45, 2.75) is 13.3 Å². The van der Waals surface area contributed by atoms with E-state index in [-0.39, 0.29) is 22.4 Å². The van der Waals surface area contributed by atoms with Gasteiger partial charge in [-0.25, -0.2) is 14.8 Å². The van der Waals surface area contributed by atoms with Crippen molar-refractivity contribution in [1.29, 1.82) is 0 Å². The Morgan fingerprint density at radius 1 is 1.30 bits per heavy atom. The Bertz CT molecular complexity index is 1290. The predicted molar refractivity (Wildman–Crippen MR) is 111 cm³/mol. The van der Waals surface area contributed by atoms with E-state index in [9.17, 15) is 14.4 Å². The number of para-hydroxylation sites is 1. The van der Waals surface area contributed by atoms with Gasteiger partial charge in [0.25, 0.3) is 11.5 Å². The molecule has 0 spiro atoms. The minimum atomic E-state index is -0.808. The van der Waals surface area contributed by atoms with Crippen LogP contribution in [0.5, 0.6) is 0 Å². The number of thiazole rings is 1. The number of rotatable bonds is 6. The molecular formula is C20H18N4O5S. The molecule has 0 aliphatic heterocycles. The average Bonchev–Trinajstić information content (AvgIpc) is 3.29. The van der Waals surface area contributed by atoms with E-state index >= 15 is 0 Å². The number of nitrogens with one attached hydrogen (secondary N) is 1. The second-order valence-corrected chi connectivity index (χ2v) is 7.74. The Kier molecular flexibility index (Phi) is 5.32. The van der Waals surface area contributed by atoms with Gasteiger partial charge in [0.2, 0.25) is 5.71 Å². The number of nitrogens with zero attached hydrogens (tertiary/aromatic N) is 3. The van der Waals surface area contributed by atoms with Gasteiger partial charge in [0.05, 0.1) is 15.2 Å². The summed E-state index contributed by atoms with van der Waals surface area (Å²) in [6.45, 7) is 1.44. The highest BCUT2D eigenvalue weighted by molar-refractivity contribution is 7.18. The van der Waals surface area contributed by atoms with E-state index in [1.807, 2.05) is 24.3 Å². The molecule has 30 heavy (non-hydrogen) atoms. The lowest BCUT2D eigenvalue weighted by atomic mass is 10.2. The van der Waals surface area contributed by atoms with Gasteiger partial charge >= 0.3 is 5.97 Å². The van der Waals surface area contributed by atoms with E-state index in [1.54, 1.807) is 11.3 Å². The van der Waals surface area contributed by atoms with Crippen LogP contribution in [-0.4, -0.2) is 39.6 Å². The molecule has 0 aliphatic carbocycles. The second kappa shape index (κ2) is 8.07. The van der Waals surface area contributed by atoms with Crippen LogP contribution < -0.4 is 10.9 Å². The maximum Gasteiger partial charge on any atom is 0.343 e. The van der Waals surface area contributed by atoms with Crippen molar-refractivity contribution in [2.24, 2.45) is 7.05 Å². The molecule has 3 heterocycles. The molecule has 0 saturated carbocycles. The first-order valence-corrected chi connectivity index (χ1v) is 9.98. The van der Waals surface area contributed by atoms with Crippen molar-refractivity contribution in [3.05, 3.63) is 57.3 Å². The molecule has 1 N–H and O–H groups in total. The molecule has 1 amide bonds. The third-order valence-electron chi connectivity index (χ3n) is 4.49. The molecule has 0 bridgehead atoms. The number of carbonyl (C=O) groups is 2. The van der Waals surface area contributed by atoms with Crippen LogP contribution in [0.15, 0.2) is 39.8 Å². The van der Waals surface area contributed by atoms with Crippen molar-refractivity contribution in [3.8, 4) is 0 Å². The molecule has 0 fully saturated rings. The first-order chi connectivity index (χ1) is 14.4. The summed E-state index contributed by atoms with van der Waals surface area (Å²) in [5.41, 5.74) is 0.550. The Hall–Kier alpha value is -3.53. The predicted octanol–water partition coefficient (Wildman–Crippen LogP) is 1.96. The highest BCUT2D eigenvalue weighted by Crippen LogP contribution is 2.22. The molecule has 4 rings (SSSR count). The molecule has 1 aromatic carbocycles. The quantitative estimate of drug-likeness (QED) is 0.469. The molecule has 0 saturated heterocycles. The summed E-state index contributed by atoms with van der Waals surface area (Å²) in [4.78, 5) is 45.3. The van der Waals surface area contributed by atoms with E-state index in [4.69, 9.17) is 9.15 Å². The van der Waals surface area contributed by atoms with Crippen LogP contribution in [0.1, 0.15) is 21.1 Å². The number of hydrogen-bond donors (Lipinski definition) is 1. The van der Waals surface area contributed by atoms with Gasteiger partial charge < -0.3 is 19.0 Å². The van der Waals surface area contributed by atoms with E-state index in [0.717, 1.165) is 15.2 Å². The Balaban J connectivity index is 1.34. The van der Waals surface area contributed by atoms with Gasteiger partial charge in [-0.1, -0.05) is 12.1 Å². The molecule has 0 unspecified atom stereocenters. The number of aryl methyl sites for hydroxylation is 2. The zero-order chi connectivity index (χ0) is 21.3. The fraction of sp³-hybridized carbons (Fsp3) is 0.250. The van der Waals surface area contributed by atoms with Crippen molar-refractivity contribution >= 4 is 44.5 Å².